The predicted molar refractivity (Wildman–Crippen MR) is 58.9 cm³/mol. The number of hydrogen-bond donors (Lipinski definition) is 3. The Balaban J connectivity index is 1.93. The standard InChI is InChI=1S/C10H21N3O2/c1-2-12-10(14)13-7-8-15-9-3-5-11-6-4-9/h9,11H,2-8H2,1H3,(H2,12,13,14). The van der Waals surface area contributed by atoms with Crippen LogP contribution in [-0.4, -0.2) is 44.9 Å². The molecule has 0 bridgehead atoms. The Labute approximate surface area is 90.9 Å². The van der Waals surface area contributed by atoms with E-state index in [1.807, 2.05) is 6.92 Å². The van der Waals surface area contributed by atoms with Gasteiger partial charge in [-0.25, -0.2) is 4.79 Å². The second-order valence-corrected chi connectivity index (χ2v) is 3.61. The van der Waals surface area contributed by atoms with E-state index < -0.39 is 0 Å². The molecule has 0 radical (unpaired) electrons. The quantitative estimate of drug-likeness (QED) is 0.569. The molecule has 2 amide bonds. The lowest BCUT2D eigenvalue weighted by molar-refractivity contribution is 0.0357. The van der Waals surface area contributed by atoms with E-state index in [0.717, 1.165) is 25.9 Å². The molecule has 0 unspecified atom stereocenters. The molecule has 0 aromatic rings. The lowest BCUT2D eigenvalue weighted by Gasteiger charge is -2.22. The highest BCUT2D eigenvalue weighted by atomic mass is 16.5. The van der Waals surface area contributed by atoms with E-state index in [2.05, 4.69) is 16.0 Å². The van der Waals surface area contributed by atoms with E-state index in [1.54, 1.807) is 0 Å². The van der Waals surface area contributed by atoms with Crippen molar-refractivity contribution in [3.63, 3.8) is 0 Å². The van der Waals surface area contributed by atoms with Crippen LogP contribution < -0.4 is 16.0 Å². The number of rotatable bonds is 5. The molecule has 1 saturated heterocycles. The van der Waals surface area contributed by atoms with Gasteiger partial charge in [0.25, 0.3) is 0 Å². The number of urea groups is 1. The van der Waals surface area contributed by atoms with Crippen LogP contribution in [0.3, 0.4) is 0 Å². The topological polar surface area (TPSA) is 62.4 Å². The Bertz CT molecular complexity index is 182. The van der Waals surface area contributed by atoms with Crippen LogP contribution in [0.1, 0.15) is 19.8 Å². The molecule has 0 aromatic heterocycles. The normalized spacial score (nSPS) is 17.4. The minimum Gasteiger partial charge on any atom is -0.376 e. The van der Waals surface area contributed by atoms with Gasteiger partial charge >= 0.3 is 6.03 Å². The molecule has 1 fully saturated rings. The summed E-state index contributed by atoms with van der Waals surface area (Å²) >= 11 is 0. The van der Waals surface area contributed by atoms with Crippen LogP contribution in [0.25, 0.3) is 0 Å². The third-order valence-electron chi connectivity index (χ3n) is 2.36. The maximum atomic E-state index is 11.0. The van der Waals surface area contributed by atoms with Crippen molar-refractivity contribution < 1.29 is 9.53 Å². The molecule has 1 heterocycles. The monoisotopic (exact) mass is 215 g/mol. The highest BCUT2D eigenvalue weighted by Gasteiger charge is 2.12. The molecule has 0 aromatic carbocycles. The first kappa shape index (κ1) is 12.3. The SMILES string of the molecule is CCNC(=O)NCCOC1CCNCC1. The number of nitrogens with one attached hydrogen (secondary N) is 3. The molecule has 5 nitrogen and oxygen atoms in total. The van der Waals surface area contributed by atoms with Crippen molar-refractivity contribution >= 4 is 6.03 Å². The molecule has 15 heavy (non-hydrogen) atoms. The smallest absolute Gasteiger partial charge is 0.314 e. The summed E-state index contributed by atoms with van der Waals surface area (Å²) in [6.07, 6.45) is 2.50. The van der Waals surface area contributed by atoms with Gasteiger partial charge in [0.15, 0.2) is 0 Å². The molecular formula is C10H21N3O2. The molecule has 1 aliphatic heterocycles. The fraction of sp³-hybridized carbons (Fsp3) is 0.900. The molecule has 0 aliphatic carbocycles. The molecule has 88 valence electrons. The highest BCUT2D eigenvalue weighted by molar-refractivity contribution is 5.73. The minimum atomic E-state index is -0.119. The Hall–Kier alpha value is -0.810. The lowest BCUT2D eigenvalue weighted by Crippen LogP contribution is -2.38. The largest absolute Gasteiger partial charge is 0.376 e. The van der Waals surface area contributed by atoms with Gasteiger partial charge in [0.1, 0.15) is 0 Å². The third-order valence-corrected chi connectivity index (χ3v) is 2.36. The zero-order valence-electron chi connectivity index (χ0n) is 9.34. The van der Waals surface area contributed by atoms with Gasteiger partial charge in [-0.3, -0.25) is 0 Å². The number of carbonyl (C=O) groups excluding carboxylic acids is 1. The Kier molecular flexibility index (Phi) is 6.11. The lowest BCUT2D eigenvalue weighted by atomic mass is 10.1. The van der Waals surface area contributed by atoms with Crippen molar-refractivity contribution in [2.24, 2.45) is 0 Å². The van der Waals surface area contributed by atoms with Crippen molar-refractivity contribution in [3.05, 3.63) is 0 Å². The fourth-order valence-corrected chi connectivity index (χ4v) is 1.58. The third kappa shape index (κ3) is 5.59. The summed E-state index contributed by atoms with van der Waals surface area (Å²) in [5.74, 6) is 0. The average molecular weight is 215 g/mol. The average Bonchev–Trinajstić information content (AvgIpc) is 2.26. The van der Waals surface area contributed by atoms with Crippen LogP contribution in [0, 0.1) is 0 Å². The van der Waals surface area contributed by atoms with Gasteiger partial charge in [-0.2, -0.15) is 0 Å². The molecule has 5 heteroatoms. The Morgan fingerprint density at radius 1 is 1.40 bits per heavy atom. The van der Waals surface area contributed by atoms with Crippen LogP contribution in [0.15, 0.2) is 0 Å². The summed E-state index contributed by atoms with van der Waals surface area (Å²) in [6.45, 7) is 5.80. The minimum absolute atomic E-state index is 0.119. The highest BCUT2D eigenvalue weighted by Crippen LogP contribution is 2.05. The Morgan fingerprint density at radius 2 is 2.13 bits per heavy atom. The van der Waals surface area contributed by atoms with Crippen LogP contribution in [0.2, 0.25) is 0 Å². The number of ether oxygens (including phenoxy) is 1. The number of piperidine rings is 1. The van der Waals surface area contributed by atoms with E-state index in [1.165, 1.54) is 0 Å². The molecule has 0 spiro atoms. The van der Waals surface area contributed by atoms with Crippen molar-refractivity contribution in [2.75, 3.05) is 32.8 Å². The molecule has 3 N–H and O–H groups in total. The van der Waals surface area contributed by atoms with Crippen molar-refractivity contribution in [3.8, 4) is 0 Å². The summed E-state index contributed by atoms with van der Waals surface area (Å²) < 4.78 is 5.63. The Morgan fingerprint density at radius 3 is 2.80 bits per heavy atom. The van der Waals surface area contributed by atoms with Crippen LogP contribution >= 0.6 is 0 Å². The number of carbonyl (C=O) groups is 1. The van der Waals surface area contributed by atoms with Gasteiger partial charge in [-0.1, -0.05) is 0 Å². The first-order chi connectivity index (χ1) is 7.33. The van der Waals surface area contributed by atoms with Gasteiger partial charge in [0.05, 0.1) is 12.7 Å². The molecular weight excluding hydrogens is 194 g/mol. The van der Waals surface area contributed by atoms with Crippen molar-refractivity contribution in [1.29, 1.82) is 0 Å². The van der Waals surface area contributed by atoms with Crippen LogP contribution in [0.5, 0.6) is 0 Å². The van der Waals surface area contributed by atoms with E-state index in [0.29, 0.717) is 25.8 Å². The van der Waals surface area contributed by atoms with Gasteiger partial charge in [-0.15, -0.1) is 0 Å². The van der Waals surface area contributed by atoms with Crippen molar-refractivity contribution in [1.82, 2.24) is 16.0 Å². The van der Waals surface area contributed by atoms with E-state index in [-0.39, 0.29) is 6.03 Å². The fourth-order valence-electron chi connectivity index (χ4n) is 1.58. The van der Waals surface area contributed by atoms with Gasteiger partial charge in [0.2, 0.25) is 0 Å². The van der Waals surface area contributed by atoms with E-state index >= 15 is 0 Å². The van der Waals surface area contributed by atoms with E-state index in [9.17, 15) is 4.79 Å². The molecule has 0 saturated carbocycles. The summed E-state index contributed by atoms with van der Waals surface area (Å²) in [5.41, 5.74) is 0. The summed E-state index contributed by atoms with van der Waals surface area (Å²) in [7, 11) is 0. The second kappa shape index (κ2) is 7.48. The predicted octanol–water partition coefficient (Wildman–Crippen LogP) is 0.0741. The summed E-state index contributed by atoms with van der Waals surface area (Å²) in [4.78, 5) is 11.0. The molecule has 1 aliphatic rings. The van der Waals surface area contributed by atoms with Gasteiger partial charge in [-0.05, 0) is 32.9 Å². The van der Waals surface area contributed by atoms with Crippen LogP contribution in [-0.2, 0) is 4.74 Å². The van der Waals surface area contributed by atoms with Crippen molar-refractivity contribution in [2.45, 2.75) is 25.9 Å². The second-order valence-electron chi connectivity index (χ2n) is 3.61. The summed E-state index contributed by atoms with van der Waals surface area (Å²) in [6, 6.07) is -0.119. The number of hydrogen-bond acceptors (Lipinski definition) is 3. The van der Waals surface area contributed by atoms with Gasteiger partial charge in [0, 0.05) is 13.1 Å². The summed E-state index contributed by atoms with van der Waals surface area (Å²) in [5, 5.41) is 8.68. The first-order valence-corrected chi connectivity index (χ1v) is 5.67. The first-order valence-electron chi connectivity index (χ1n) is 5.67. The molecule has 0 atom stereocenters. The van der Waals surface area contributed by atoms with Gasteiger partial charge < -0.3 is 20.7 Å². The zero-order valence-corrected chi connectivity index (χ0v) is 9.34. The molecule has 1 rings (SSSR count). The van der Waals surface area contributed by atoms with E-state index in [4.69, 9.17) is 4.74 Å². The maximum absolute atomic E-state index is 11.0. The maximum Gasteiger partial charge on any atom is 0.314 e. The zero-order chi connectivity index (χ0) is 10.9. The number of amides is 2. The van der Waals surface area contributed by atoms with Crippen LogP contribution in [0.4, 0.5) is 4.79 Å².